The number of aromatic nitrogens is 3. The highest BCUT2D eigenvalue weighted by molar-refractivity contribution is 7.89. The number of hydrogen-bond acceptors (Lipinski definition) is 8. The molecule has 0 spiro atoms. The molecule has 5 rings (SSSR count). The molecule has 3 N–H and O–H groups in total. The Kier molecular flexibility index (Phi) is 5.63. The molecular weight excluding hydrogens is 440 g/mol. The fraction of sp³-hybridized carbons (Fsp3) is 0.174. The minimum Gasteiger partial charge on any atom is -0.378 e. The van der Waals surface area contributed by atoms with Gasteiger partial charge in [0.25, 0.3) is 0 Å². The van der Waals surface area contributed by atoms with Gasteiger partial charge in [0.2, 0.25) is 16.0 Å². The Bertz CT molecular complexity index is 1400. The van der Waals surface area contributed by atoms with Gasteiger partial charge in [-0.15, -0.1) is 0 Å². The van der Waals surface area contributed by atoms with Crippen LogP contribution in [-0.4, -0.2) is 49.7 Å². The summed E-state index contributed by atoms with van der Waals surface area (Å²) in [5.74, 6) is 1.34. The number of anilines is 3. The van der Waals surface area contributed by atoms with Crippen LogP contribution >= 0.6 is 0 Å². The lowest BCUT2D eigenvalue weighted by Gasteiger charge is -2.28. The summed E-state index contributed by atoms with van der Waals surface area (Å²) >= 11 is 0. The van der Waals surface area contributed by atoms with Crippen molar-refractivity contribution in [2.24, 2.45) is 5.14 Å². The highest BCUT2D eigenvalue weighted by Crippen LogP contribution is 2.27. The standard InChI is InChI=1S/C23H22N6O3S/c24-33(30,31)20-5-3-19(4-6-20)27-23-26-15-18-2-1-16(13-21(18)28-23)17-7-8-25-22(14-17)29-9-11-32-12-10-29/h1-8,13-15H,9-12H2,(H2,24,30,31)(H,26,27,28). The lowest BCUT2D eigenvalue weighted by molar-refractivity contribution is 0.122. The predicted molar refractivity (Wildman–Crippen MR) is 127 cm³/mol. The maximum absolute atomic E-state index is 11.4. The molecule has 3 heterocycles. The number of ether oxygens (including phenoxy) is 1. The van der Waals surface area contributed by atoms with Crippen LogP contribution in [0.3, 0.4) is 0 Å². The maximum Gasteiger partial charge on any atom is 0.238 e. The van der Waals surface area contributed by atoms with E-state index in [2.05, 4.69) is 31.2 Å². The van der Waals surface area contributed by atoms with E-state index in [1.165, 1.54) is 12.1 Å². The molecule has 0 aliphatic carbocycles. The second kappa shape index (κ2) is 8.74. The fourth-order valence-corrected chi connectivity index (χ4v) is 4.20. The van der Waals surface area contributed by atoms with Crippen LogP contribution in [0.25, 0.3) is 22.0 Å². The normalized spacial score (nSPS) is 14.4. The van der Waals surface area contributed by atoms with Crippen molar-refractivity contribution in [2.75, 3.05) is 36.5 Å². The van der Waals surface area contributed by atoms with E-state index in [0.29, 0.717) is 24.8 Å². The van der Waals surface area contributed by atoms with Crippen molar-refractivity contribution in [3.8, 4) is 11.1 Å². The van der Waals surface area contributed by atoms with Crippen molar-refractivity contribution in [3.63, 3.8) is 0 Å². The van der Waals surface area contributed by atoms with Gasteiger partial charge >= 0.3 is 0 Å². The number of sulfonamides is 1. The van der Waals surface area contributed by atoms with Crippen LogP contribution in [-0.2, 0) is 14.8 Å². The highest BCUT2D eigenvalue weighted by atomic mass is 32.2. The van der Waals surface area contributed by atoms with Crippen molar-refractivity contribution >= 4 is 38.4 Å². The zero-order valence-corrected chi connectivity index (χ0v) is 18.5. The molecule has 0 amide bonds. The van der Waals surface area contributed by atoms with Gasteiger partial charge in [0.05, 0.1) is 23.6 Å². The predicted octanol–water partition coefficient (Wildman–Crippen LogP) is 2.92. The summed E-state index contributed by atoms with van der Waals surface area (Å²) in [6, 6.07) is 16.2. The summed E-state index contributed by atoms with van der Waals surface area (Å²) in [6.45, 7) is 3.07. The number of nitrogens with one attached hydrogen (secondary N) is 1. The molecule has 1 aliphatic heterocycles. The first kappa shape index (κ1) is 21.3. The zero-order valence-electron chi connectivity index (χ0n) is 17.7. The summed E-state index contributed by atoms with van der Waals surface area (Å²) in [5.41, 5.74) is 3.53. The molecule has 0 unspecified atom stereocenters. The molecule has 0 atom stereocenters. The third-order valence-electron chi connectivity index (χ3n) is 5.44. The Morgan fingerprint density at radius 2 is 1.70 bits per heavy atom. The van der Waals surface area contributed by atoms with Crippen molar-refractivity contribution in [1.29, 1.82) is 0 Å². The van der Waals surface area contributed by atoms with E-state index in [-0.39, 0.29) is 4.90 Å². The number of hydrogen-bond donors (Lipinski definition) is 2. The third kappa shape index (κ3) is 4.77. The van der Waals surface area contributed by atoms with Crippen molar-refractivity contribution in [3.05, 3.63) is 67.0 Å². The fourth-order valence-electron chi connectivity index (χ4n) is 3.68. The summed E-state index contributed by atoms with van der Waals surface area (Å²) < 4.78 is 28.3. The van der Waals surface area contributed by atoms with Crippen LogP contribution < -0.4 is 15.4 Å². The number of benzene rings is 2. The number of primary sulfonamides is 1. The summed E-state index contributed by atoms with van der Waals surface area (Å²) in [4.78, 5) is 15.8. The minimum atomic E-state index is -3.74. The molecule has 1 aliphatic rings. The molecule has 0 radical (unpaired) electrons. The first-order valence-electron chi connectivity index (χ1n) is 10.4. The number of pyridine rings is 1. The number of nitrogens with zero attached hydrogens (tertiary/aromatic N) is 4. The Hall–Kier alpha value is -3.60. The van der Waals surface area contributed by atoms with Gasteiger partial charge < -0.3 is 15.0 Å². The van der Waals surface area contributed by atoms with Crippen LogP contribution in [0.15, 0.2) is 71.9 Å². The first-order valence-corrected chi connectivity index (χ1v) is 12.0. The molecule has 1 saturated heterocycles. The number of rotatable bonds is 5. The van der Waals surface area contributed by atoms with Gasteiger partial charge in [0.1, 0.15) is 5.82 Å². The largest absolute Gasteiger partial charge is 0.378 e. The topological polar surface area (TPSA) is 123 Å². The van der Waals surface area contributed by atoms with Crippen molar-refractivity contribution in [1.82, 2.24) is 15.0 Å². The van der Waals surface area contributed by atoms with E-state index >= 15 is 0 Å². The van der Waals surface area contributed by atoms with E-state index in [4.69, 9.17) is 9.88 Å². The van der Waals surface area contributed by atoms with Crippen LogP contribution in [0, 0.1) is 0 Å². The number of fused-ring (bicyclic) bond motifs is 1. The quantitative estimate of drug-likeness (QED) is 0.464. The Morgan fingerprint density at radius 1 is 0.939 bits per heavy atom. The first-order chi connectivity index (χ1) is 16.0. The van der Waals surface area contributed by atoms with Gasteiger partial charge in [-0.2, -0.15) is 0 Å². The number of morpholine rings is 1. The molecule has 0 saturated carbocycles. The summed E-state index contributed by atoms with van der Waals surface area (Å²) in [7, 11) is -3.74. The van der Waals surface area contributed by atoms with Gasteiger partial charge in [-0.1, -0.05) is 12.1 Å². The monoisotopic (exact) mass is 462 g/mol. The average molecular weight is 463 g/mol. The van der Waals surface area contributed by atoms with Gasteiger partial charge in [0, 0.05) is 36.6 Å². The van der Waals surface area contributed by atoms with Gasteiger partial charge in [-0.05, 0) is 53.6 Å². The number of nitrogens with two attached hydrogens (primary N) is 1. The van der Waals surface area contributed by atoms with Crippen LogP contribution in [0.2, 0.25) is 0 Å². The molecule has 1 fully saturated rings. The van der Waals surface area contributed by atoms with Crippen LogP contribution in [0.4, 0.5) is 17.5 Å². The van der Waals surface area contributed by atoms with Gasteiger partial charge in [-0.25, -0.2) is 28.5 Å². The molecule has 2 aromatic heterocycles. The SMILES string of the molecule is NS(=O)(=O)c1ccc(Nc2ncc3ccc(-c4ccnc(N5CCOCC5)c4)cc3n2)cc1. The molecule has 0 bridgehead atoms. The van der Waals surface area contributed by atoms with Crippen LogP contribution in [0.1, 0.15) is 0 Å². The lowest BCUT2D eigenvalue weighted by atomic mass is 10.0. The van der Waals surface area contributed by atoms with E-state index in [0.717, 1.165) is 40.9 Å². The smallest absolute Gasteiger partial charge is 0.238 e. The van der Waals surface area contributed by atoms with E-state index in [9.17, 15) is 8.42 Å². The zero-order chi connectivity index (χ0) is 22.8. The van der Waals surface area contributed by atoms with E-state index < -0.39 is 10.0 Å². The minimum absolute atomic E-state index is 0.0471. The third-order valence-corrected chi connectivity index (χ3v) is 6.36. The average Bonchev–Trinajstić information content (AvgIpc) is 2.84. The summed E-state index contributed by atoms with van der Waals surface area (Å²) in [6.07, 6.45) is 3.57. The second-order valence-corrected chi connectivity index (χ2v) is 9.23. The summed E-state index contributed by atoms with van der Waals surface area (Å²) in [5, 5.41) is 9.16. The molecule has 10 heteroatoms. The van der Waals surface area contributed by atoms with Crippen molar-refractivity contribution < 1.29 is 13.2 Å². The molecule has 2 aromatic carbocycles. The molecular formula is C23H22N6O3S. The van der Waals surface area contributed by atoms with Gasteiger partial charge in [0.15, 0.2) is 0 Å². The maximum atomic E-state index is 11.4. The Morgan fingerprint density at radius 3 is 2.45 bits per heavy atom. The molecule has 33 heavy (non-hydrogen) atoms. The van der Waals surface area contributed by atoms with E-state index in [1.807, 2.05) is 30.5 Å². The highest BCUT2D eigenvalue weighted by Gasteiger charge is 2.13. The Balaban J connectivity index is 1.41. The molecule has 9 nitrogen and oxygen atoms in total. The van der Waals surface area contributed by atoms with Crippen LogP contribution in [0.5, 0.6) is 0 Å². The second-order valence-electron chi connectivity index (χ2n) is 7.66. The molecule has 4 aromatic rings. The van der Waals surface area contributed by atoms with Crippen molar-refractivity contribution in [2.45, 2.75) is 4.90 Å². The van der Waals surface area contributed by atoms with Gasteiger partial charge in [-0.3, -0.25) is 0 Å². The van der Waals surface area contributed by atoms with E-state index in [1.54, 1.807) is 18.3 Å². The molecule has 168 valence electrons. The lowest BCUT2D eigenvalue weighted by Crippen LogP contribution is -2.36. The Labute approximate surface area is 191 Å².